The molecule has 3 aromatic heterocycles. The lowest BCUT2D eigenvalue weighted by molar-refractivity contribution is -0.137. The summed E-state index contributed by atoms with van der Waals surface area (Å²) in [6, 6.07) is 6.15. The Balaban J connectivity index is 1.39. The molecule has 0 aliphatic carbocycles. The van der Waals surface area contributed by atoms with E-state index in [0.29, 0.717) is 38.4 Å². The smallest absolute Gasteiger partial charge is 0.383 e. The second kappa shape index (κ2) is 8.47. The number of carbonyl (C=O) groups excluding carboxylic acids is 1. The maximum absolute atomic E-state index is 13.3. The average molecular weight is 502 g/mol. The second-order valence-electron chi connectivity index (χ2n) is 9.60. The standard InChI is InChI=1S/C24H26F3N7O2/c1-22(2,16-3-6-29-7-4-16)31-21(35)33-8-5-23(14-33)19-12-18(32-34(19)9-10-36-23)15-11-17(24(25,26)27)20(28)30-13-15/h3-4,6-7,11-13H,5,8-10,14H2,1-2H3,(H2,28,30)(H,31,35)/t23-/m1/s1. The van der Waals surface area contributed by atoms with Crippen LogP contribution in [0.25, 0.3) is 11.3 Å². The van der Waals surface area contributed by atoms with Gasteiger partial charge in [-0.1, -0.05) is 0 Å². The van der Waals surface area contributed by atoms with Gasteiger partial charge in [0.2, 0.25) is 0 Å². The number of anilines is 1. The number of aromatic nitrogens is 4. The van der Waals surface area contributed by atoms with E-state index in [9.17, 15) is 18.0 Å². The molecule has 36 heavy (non-hydrogen) atoms. The van der Waals surface area contributed by atoms with Crippen LogP contribution in [0.1, 0.15) is 37.1 Å². The van der Waals surface area contributed by atoms with E-state index in [-0.39, 0.29) is 11.6 Å². The summed E-state index contributed by atoms with van der Waals surface area (Å²) in [5, 5.41) is 7.60. The lowest BCUT2D eigenvalue weighted by Gasteiger charge is -2.35. The SMILES string of the molecule is CC(C)(NC(=O)N1CC[C@]2(C1)OCCn1nc(-c3cnc(N)c(C(F)(F)F)c3)cc12)c1ccncc1. The van der Waals surface area contributed by atoms with Crippen LogP contribution in [0.5, 0.6) is 0 Å². The van der Waals surface area contributed by atoms with Crippen LogP contribution in [0.4, 0.5) is 23.8 Å². The van der Waals surface area contributed by atoms with E-state index in [0.717, 1.165) is 17.3 Å². The maximum atomic E-state index is 13.3. The van der Waals surface area contributed by atoms with Crippen molar-refractivity contribution in [1.82, 2.24) is 30.0 Å². The van der Waals surface area contributed by atoms with Gasteiger partial charge in [-0.2, -0.15) is 18.3 Å². The lowest BCUT2D eigenvalue weighted by Crippen LogP contribution is -2.49. The number of nitrogens with one attached hydrogen (secondary N) is 1. The number of hydrogen-bond acceptors (Lipinski definition) is 6. The number of urea groups is 1. The van der Waals surface area contributed by atoms with Crippen molar-refractivity contribution in [3.8, 4) is 11.3 Å². The molecule has 1 saturated heterocycles. The van der Waals surface area contributed by atoms with E-state index in [2.05, 4.69) is 20.4 Å². The summed E-state index contributed by atoms with van der Waals surface area (Å²) in [6.07, 6.45) is 0.547. The number of rotatable bonds is 3. The first-order valence-electron chi connectivity index (χ1n) is 11.5. The van der Waals surface area contributed by atoms with Crippen LogP contribution >= 0.6 is 0 Å². The molecule has 2 aliphatic heterocycles. The van der Waals surface area contributed by atoms with E-state index in [4.69, 9.17) is 10.5 Å². The predicted octanol–water partition coefficient (Wildman–Crippen LogP) is 3.52. The summed E-state index contributed by atoms with van der Waals surface area (Å²) < 4.78 is 48.0. The molecule has 5 rings (SSSR count). The number of nitrogens with zero attached hydrogens (tertiary/aromatic N) is 5. The number of nitrogen functional groups attached to an aromatic ring is 1. The molecule has 1 spiro atoms. The Morgan fingerprint density at radius 3 is 2.67 bits per heavy atom. The highest BCUT2D eigenvalue weighted by Gasteiger charge is 2.47. The minimum absolute atomic E-state index is 0.209. The van der Waals surface area contributed by atoms with Gasteiger partial charge in [0.15, 0.2) is 0 Å². The quantitative estimate of drug-likeness (QED) is 0.568. The third-order valence-electron chi connectivity index (χ3n) is 6.79. The van der Waals surface area contributed by atoms with Crippen molar-refractivity contribution in [3.63, 3.8) is 0 Å². The largest absolute Gasteiger partial charge is 0.419 e. The zero-order chi connectivity index (χ0) is 25.7. The molecule has 3 N–H and O–H groups in total. The number of nitrogens with two attached hydrogens (primary N) is 1. The summed E-state index contributed by atoms with van der Waals surface area (Å²) in [5.74, 6) is -0.581. The number of ether oxygens (including phenoxy) is 1. The fraction of sp³-hybridized carbons (Fsp3) is 0.417. The van der Waals surface area contributed by atoms with Crippen molar-refractivity contribution in [2.75, 3.05) is 25.4 Å². The Hall–Kier alpha value is -3.67. The fourth-order valence-electron chi connectivity index (χ4n) is 4.81. The molecule has 5 heterocycles. The third kappa shape index (κ3) is 4.25. The highest BCUT2D eigenvalue weighted by Crippen LogP contribution is 2.41. The van der Waals surface area contributed by atoms with Gasteiger partial charge in [0.05, 0.1) is 42.2 Å². The van der Waals surface area contributed by atoms with Gasteiger partial charge < -0.3 is 20.7 Å². The van der Waals surface area contributed by atoms with Crippen LogP contribution in [0, 0.1) is 0 Å². The summed E-state index contributed by atoms with van der Waals surface area (Å²) >= 11 is 0. The summed E-state index contributed by atoms with van der Waals surface area (Å²) in [6.45, 7) is 5.41. The van der Waals surface area contributed by atoms with Gasteiger partial charge in [0, 0.05) is 37.1 Å². The van der Waals surface area contributed by atoms with Crippen LogP contribution in [0.15, 0.2) is 42.9 Å². The number of alkyl halides is 3. The molecule has 0 aromatic carbocycles. The number of amides is 2. The minimum atomic E-state index is -4.62. The van der Waals surface area contributed by atoms with Crippen molar-refractivity contribution < 1.29 is 22.7 Å². The lowest BCUT2D eigenvalue weighted by atomic mass is 9.95. The molecule has 1 fully saturated rings. The number of hydrogen-bond donors (Lipinski definition) is 2. The van der Waals surface area contributed by atoms with Crippen molar-refractivity contribution in [1.29, 1.82) is 0 Å². The van der Waals surface area contributed by atoms with E-state index >= 15 is 0 Å². The third-order valence-corrected chi connectivity index (χ3v) is 6.79. The van der Waals surface area contributed by atoms with Crippen molar-refractivity contribution in [2.45, 2.75) is 44.1 Å². The first-order chi connectivity index (χ1) is 17.0. The average Bonchev–Trinajstić information content (AvgIpc) is 3.45. The molecule has 0 bridgehead atoms. The van der Waals surface area contributed by atoms with E-state index in [1.807, 2.05) is 26.0 Å². The number of likely N-dealkylation sites (tertiary alicyclic amines) is 1. The van der Waals surface area contributed by atoms with Gasteiger partial charge in [-0.15, -0.1) is 0 Å². The fourth-order valence-corrected chi connectivity index (χ4v) is 4.81. The molecule has 3 aromatic rings. The van der Waals surface area contributed by atoms with Gasteiger partial charge >= 0.3 is 12.2 Å². The molecule has 0 saturated carbocycles. The van der Waals surface area contributed by atoms with E-state index in [1.54, 1.807) is 28.0 Å². The number of fused-ring (bicyclic) bond motifs is 2. The zero-order valence-electron chi connectivity index (χ0n) is 19.8. The Labute approximate surface area is 205 Å². The Morgan fingerprint density at radius 1 is 1.19 bits per heavy atom. The van der Waals surface area contributed by atoms with Crippen molar-refractivity contribution >= 4 is 11.8 Å². The first kappa shape index (κ1) is 24.0. The van der Waals surface area contributed by atoms with Crippen LogP contribution in [0.3, 0.4) is 0 Å². The summed E-state index contributed by atoms with van der Waals surface area (Å²) in [4.78, 5) is 22.6. The molecule has 0 radical (unpaired) electrons. The van der Waals surface area contributed by atoms with Gasteiger partial charge in [0.1, 0.15) is 11.4 Å². The van der Waals surface area contributed by atoms with Crippen molar-refractivity contribution in [3.05, 3.63) is 59.7 Å². The molecule has 2 aliphatic rings. The second-order valence-corrected chi connectivity index (χ2v) is 9.60. The molecule has 9 nitrogen and oxygen atoms in total. The maximum Gasteiger partial charge on any atom is 0.419 e. The number of pyridine rings is 2. The summed E-state index contributed by atoms with van der Waals surface area (Å²) in [7, 11) is 0. The highest BCUT2D eigenvalue weighted by molar-refractivity contribution is 5.76. The van der Waals surface area contributed by atoms with E-state index < -0.39 is 28.7 Å². The Bertz CT molecular complexity index is 1290. The number of carbonyl (C=O) groups is 1. The normalized spacial score (nSPS) is 20.0. The summed E-state index contributed by atoms with van der Waals surface area (Å²) in [5.41, 5.74) is 5.23. The van der Waals surface area contributed by atoms with Gasteiger partial charge in [-0.25, -0.2) is 9.78 Å². The molecular weight excluding hydrogens is 475 g/mol. The topological polar surface area (TPSA) is 111 Å². The molecule has 2 amide bonds. The van der Waals surface area contributed by atoms with Crippen LogP contribution in [-0.4, -0.2) is 50.4 Å². The monoisotopic (exact) mass is 501 g/mol. The van der Waals surface area contributed by atoms with Crippen LogP contribution in [-0.2, 0) is 28.6 Å². The van der Waals surface area contributed by atoms with Crippen LogP contribution in [0.2, 0.25) is 0 Å². The Morgan fingerprint density at radius 2 is 1.94 bits per heavy atom. The van der Waals surface area contributed by atoms with Crippen molar-refractivity contribution in [2.24, 2.45) is 0 Å². The number of halogens is 3. The minimum Gasteiger partial charge on any atom is -0.383 e. The Kier molecular flexibility index (Phi) is 5.66. The zero-order valence-corrected chi connectivity index (χ0v) is 19.8. The van der Waals surface area contributed by atoms with E-state index in [1.165, 1.54) is 6.20 Å². The van der Waals surface area contributed by atoms with Gasteiger partial charge in [-0.3, -0.25) is 9.67 Å². The molecule has 190 valence electrons. The molecule has 1 atom stereocenters. The van der Waals surface area contributed by atoms with Crippen LogP contribution < -0.4 is 11.1 Å². The molecule has 0 unspecified atom stereocenters. The molecule has 12 heteroatoms. The molecular formula is C24H26F3N7O2. The first-order valence-corrected chi connectivity index (χ1v) is 11.5. The highest BCUT2D eigenvalue weighted by atomic mass is 19.4. The van der Waals surface area contributed by atoms with Gasteiger partial charge in [0.25, 0.3) is 0 Å². The van der Waals surface area contributed by atoms with Gasteiger partial charge in [-0.05, 0) is 43.7 Å². The predicted molar refractivity (Wildman–Crippen MR) is 124 cm³/mol.